The maximum Gasteiger partial charge on any atom is 2.00 e. The molecule has 0 amide bonds. The first-order chi connectivity index (χ1) is 13.0. The largest absolute Gasteiger partial charge is 2.00 e. The molecule has 168 valence electrons. The molecule has 0 unspecified atom stereocenters. The Kier molecular flexibility index (Phi) is 7.71. The Morgan fingerprint density at radius 1 is 0.933 bits per heavy atom. The Balaban J connectivity index is 0.00000450. The van der Waals surface area contributed by atoms with Crippen LogP contribution in [-0.4, -0.2) is 53.3 Å². The van der Waals surface area contributed by atoms with Gasteiger partial charge in [0.05, 0.1) is 9.79 Å². The van der Waals surface area contributed by atoms with Crippen LogP contribution in [-0.2, 0) is 51.6 Å². The van der Waals surface area contributed by atoms with Crippen LogP contribution in [0.4, 0.5) is 17.6 Å². The van der Waals surface area contributed by atoms with Gasteiger partial charge in [-0.25, -0.2) is 25.6 Å². The van der Waals surface area contributed by atoms with Crippen molar-refractivity contribution >= 4 is 41.1 Å². The van der Waals surface area contributed by atoms with Gasteiger partial charge in [0, 0.05) is 5.39 Å². The minimum atomic E-state index is -6.02. The van der Waals surface area contributed by atoms with Gasteiger partial charge in [-0.1, -0.05) is 24.3 Å². The van der Waals surface area contributed by atoms with Crippen LogP contribution in [0.25, 0.3) is 10.8 Å². The van der Waals surface area contributed by atoms with Gasteiger partial charge in [0.25, 0.3) is 10.1 Å². The predicted molar refractivity (Wildman–Crippen MR) is 84.0 cm³/mol. The fourth-order valence-electron chi connectivity index (χ4n) is 2.22. The molecule has 0 heterocycles. The molecule has 0 radical (unpaired) electrons. The number of rotatable bonds is 7. The van der Waals surface area contributed by atoms with Crippen LogP contribution in [0.3, 0.4) is 0 Å². The molecule has 0 N–H and O–H groups in total. The van der Waals surface area contributed by atoms with E-state index in [0.29, 0.717) is 6.07 Å². The molecular weight excluding hydrogens is 528 g/mol. The third-order valence-corrected chi connectivity index (χ3v) is 6.81. The molecule has 30 heavy (non-hydrogen) atoms. The molecule has 17 heteroatoms. The van der Waals surface area contributed by atoms with Crippen LogP contribution < -0.4 is 0 Å². The second kappa shape index (κ2) is 8.66. The van der Waals surface area contributed by atoms with Crippen molar-refractivity contribution in [1.29, 1.82) is 0 Å². The number of alkyl halides is 4. The average molecular weight is 536 g/mol. The molecule has 0 aliphatic carbocycles. The number of benzene rings is 2. The van der Waals surface area contributed by atoms with Gasteiger partial charge in [-0.15, -0.1) is 0 Å². The van der Waals surface area contributed by atoms with E-state index in [9.17, 15) is 51.9 Å². The van der Waals surface area contributed by atoms with E-state index in [2.05, 4.69) is 4.18 Å². The van der Waals surface area contributed by atoms with E-state index >= 15 is 0 Å². The van der Waals surface area contributed by atoms with Gasteiger partial charge in [-0.2, -0.15) is 17.2 Å². The Morgan fingerprint density at radius 2 is 1.47 bits per heavy atom. The molecule has 0 saturated carbocycles. The summed E-state index contributed by atoms with van der Waals surface area (Å²) in [5, 5.41) is -1.08. The quantitative estimate of drug-likeness (QED) is 0.220. The molecule has 0 aliphatic heterocycles. The van der Waals surface area contributed by atoms with Crippen molar-refractivity contribution < 1.29 is 73.2 Å². The molecule has 0 fully saturated rings. The third-order valence-electron chi connectivity index (χ3n) is 3.42. The van der Waals surface area contributed by atoms with Gasteiger partial charge in [0.1, 0.15) is 31.7 Å². The summed E-state index contributed by atoms with van der Waals surface area (Å²) in [7, 11) is -17.5. The Morgan fingerprint density at radius 3 is 1.93 bits per heavy atom. The summed E-state index contributed by atoms with van der Waals surface area (Å²) < 4.78 is 148. The molecule has 0 atom stereocenters. The van der Waals surface area contributed by atoms with Gasteiger partial charge in [-0.3, -0.25) is 4.18 Å². The maximum atomic E-state index is 13.0. The average Bonchev–Trinajstić information content (AvgIpc) is 2.56. The molecule has 2 aromatic carbocycles. The van der Waals surface area contributed by atoms with E-state index in [0.717, 1.165) is 18.2 Å². The summed E-state index contributed by atoms with van der Waals surface area (Å²) in [6.45, 7) is -2.45. The van der Waals surface area contributed by atoms with Crippen molar-refractivity contribution in [3.05, 3.63) is 30.3 Å². The topological polar surface area (TPSA) is 158 Å². The SMILES string of the molecule is O=S(=O)([O-])c1cc2ccccc2c(S(=O)(=O)OCC(F)(F)C(F)F)c1S(=O)(=O)[O-].[Fe+2]. The van der Waals surface area contributed by atoms with Crippen molar-refractivity contribution in [3.63, 3.8) is 0 Å². The van der Waals surface area contributed by atoms with E-state index in [-0.39, 0.29) is 17.1 Å². The number of hydrogen-bond acceptors (Lipinski definition) is 9. The zero-order valence-corrected chi connectivity index (χ0v) is 17.5. The van der Waals surface area contributed by atoms with Gasteiger partial charge in [-0.05, 0) is 11.5 Å². The summed E-state index contributed by atoms with van der Waals surface area (Å²) in [6.07, 6.45) is -4.36. The van der Waals surface area contributed by atoms with Gasteiger partial charge in [0.15, 0.2) is 0 Å². The predicted octanol–water partition coefficient (Wildman–Crippen LogP) is 1.25. The summed E-state index contributed by atoms with van der Waals surface area (Å²) in [6, 6.07) is 4.57. The molecule has 0 aromatic heterocycles. The second-order valence-electron chi connectivity index (χ2n) is 5.44. The third kappa shape index (κ3) is 5.47. The number of halogens is 4. The van der Waals surface area contributed by atoms with Crippen molar-refractivity contribution in [2.75, 3.05) is 6.61 Å². The maximum absolute atomic E-state index is 13.0. The number of fused-ring (bicyclic) bond motifs is 1. The van der Waals surface area contributed by atoms with Crippen LogP contribution in [0.15, 0.2) is 45.0 Å². The minimum absolute atomic E-state index is 0. The van der Waals surface area contributed by atoms with Gasteiger partial charge in [0.2, 0.25) is 0 Å². The first kappa shape index (κ1) is 26.7. The molecule has 2 aromatic rings. The molecular formula is C13H8F4FeO9S3. The van der Waals surface area contributed by atoms with E-state index in [1.165, 1.54) is 6.07 Å². The fraction of sp³-hybridized carbons (Fsp3) is 0.231. The Labute approximate surface area is 178 Å². The molecule has 0 spiro atoms. The van der Waals surface area contributed by atoms with Crippen molar-refractivity contribution in [2.45, 2.75) is 27.0 Å². The minimum Gasteiger partial charge on any atom is -0.744 e. The monoisotopic (exact) mass is 536 g/mol. The molecule has 2 rings (SSSR count). The Bertz CT molecular complexity index is 1280. The van der Waals surface area contributed by atoms with E-state index in [1.807, 2.05) is 0 Å². The van der Waals surface area contributed by atoms with Gasteiger partial charge < -0.3 is 9.11 Å². The molecule has 0 aliphatic rings. The van der Waals surface area contributed by atoms with Crippen molar-refractivity contribution in [1.82, 2.24) is 0 Å². The van der Waals surface area contributed by atoms with Crippen molar-refractivity contribution in [3.8, 4) is 0 Å². The van der Waals surface area contributed by atoms with Crippen LogP contribution in [0.5, 0.6) is 0 Å². The van der Waals surface area contributed by atoms with E-state index in [4.69, 9.17) is 0 Å². The van der Waals surface area contributed by atoms with E-state index in [1.54, 1.807) is 0 Å². The first-order valence-corrected chi connectivity index (χ1v) is 11.2. The summed E-state index contributed by atoms with van der Waals surface area (Å²) >= 11 is 0. The normalized spacial score (nSPS) is 13.4. The van der Waals surface area contributed by atoms with Crippen LogP contribution in [0, 0.1) is 0 Å². The van der Waals surface area contributed by atoms with E-state index < -0.39 is 74.8 Å². The van der Waals surface area contributed by atoms with Crippen LogP contribution >= 0.6 is 0 Å². The summed E-state index contributed by atoms with van der Waals surface area (Å²) in [5.41, 5.74) is 0. The molecule has 0 saturated heterocycles. The summed E-state index contributed by atoms with van der Waals surface area (Å²) in [5.74, 6) is -4.98. The van der Waals surface area contributed by atoms with Crippen molar-refractivity contribution in [2.24, 2.45) is 0 Å². The summed E-state index contributed by atoms with van der Waals surface area (Å²) in [4.78, 5) is -5.56. The van der Waals surface area contributed by atoms with Crippen LogP contribution in [0.2, 0.25) is 0 Å². The smallest absolute Gasteiger partial charge is 0.744 e. The Hall–Kier alpha value is -1.33. The standard InChI is InChI=1S/C13H10F4O9S3.Fe/c14-12(15)13(16,17)6-26-29(24,25)10-8-4-2-1-3-7(8)5-9(27(18,19)20)11(10)28(21,22)23;/h1-5,12H,6H2,(H,18,19,20)(H,21,22,23);/q;+2/p-2. The zero-order chi connectivity index (χ0) is 22.4. The molecule has 0 bridgehead atoms. The molecule has 9 nitrogen and oxygen atoms in total. The fourth-order valence-corrected chi connectivity index (χ4v) is 5.97. The van der Waals surface area contributed by atoms with Crippen LogP contribution in [0.1, 0.15) is 0 Å². The zero-order valence-electron chi connectivity index (χ0n) is 13.9. The first-order valence-electron chi connectivity index (χ1n) is 7.01. The second-order valence-corrected chi connectivity index (χ2v) is 9.66. The van der Waals surface area contributed by atoms with Gasteiger partial charge >= 0.3 is 29.4 Å². The number of hydrogen-bond donors (Lipinski definition) is 0.